The Morgan fingerprint density at radius 1 is 0.791 bits per heavy atom. The van der Waals surface area contributed by atoms with E-state index in [9.17, 15) is 4.79 Å². The van der Waals surface area contributed by atoms with Gasteiger partial charge in [0.25, 0.3) is 0 Å². The molecule has 1 amide bonds. The van der Waals surface area contributed by atoms with Gasteiger partial charge in [-0.25, -0.2) is 0 Å². The molecule has 1 aliphatic rings. The highest BCUT2D eigenvalue weighted by molar-refractivity contribution is 6.05. The first-order chi connectivity index (χ1) is 21.0. The fourth-order valence-electron chi connectivity index (χ4n) is 5.81. The second kappa shape index (κ2) is 14.1. The average molecular weight is 572 g/mol. The van der Waals surface area contributed by atoms with Gasteiger partial charge in [0, 0.05) is 55.0 Å². The fourth-order valence-corrected chi connectivity index (χ4v) is 5.81. The Balaban J connectivity index is 1.37. The fraction of sp³-hybridized carbons (Fsp3) is 0.263. The summed E-state index contributed by atoms with van der Waals surface area (Å²) in [7, 11) is 0. The predicted octanol–water partition coefficient (Wildman–Crippen LogP) is 7.82. The number of anilines is 2. The molecular weight excluding hydrogens is 528 g/mol. The first-order valence-corrected chi connectivity index (χ1v) is 15.4. The van der Waals surface area contributed by atoms with E-state index in [0.29, 0.717) is 19.5 Å². The van der Waals surface area contributed by atoms with Crippen molar-refractivity contribution < 1.29 is 9.37 Å². The molecule has 0 bridgehead atoms. The third-order valence-corrected chi connectivity index (χ3v) is 8.16. The van der Waals surface area contributed by atoms with E-state index in [4.69, 9.17) is 5.73 Å². The molecule has 220 valence electrons. The number of allylic oxidation sites excluding steroid dienone is 1. The zero-order valence-electron chi connectivity index (χ0n) is 25.4. The molecule has 4 N–H and O–H groups in total. The molecule has 43 heavy (non-hydrogen) atoms. The lowest BCUT2D eigenvalue weighted by molar-refractivity contribution is -0.438. The molecule has 5 nitrogen and oxygen atoms in total. The van der Waals surface area contributed by atoms with Gasteiger partial charge in [0.2, 0.25) is 11.6 Å². The first kappa shape index (κ1) is 30.0. The molecule has 0 spiro atoms. The van der Waals surface area contributed by atoms with E-state index in [1.165, 1.54) is 33.7 Å². The van der Waals surface area contributed by atoms with Crippen molar-refractivity contribution in [2.24, 2.45) is 5.73 Å². The number of para-hydroxylation sites is 1. The average Bonchev–Trinajstić information content (AvgIpc) is 3.24. The van der Waals surface area contributed by atoms with Crippen molar-refractivity contribution in [3.63, 3.8) is 0 Å². The molecule has 0 radical (unpaired) electrons. The number of carbonyl (C=O) groups is 1. The minimum atomic E-state index is -0.174. The van der Waals surface area contributed by atoms with E-state index in [1.807, 2.05) is 24.3 Å². The lowest BCUT2D eigenvalue weighted by atomic mass is 9.81. The van der Waals surface area contributed by atoms with E-state index in [1.54, 1.807) is 0 Å². The van der Waals surface area contributed by atoms with Gasteiger partial charge in [-0.3, -0.25) is 4.79 Å². The van der Waals surface area contributed by atoms with Crippen LogP contribution in [-0.4, -0.2) is 35.8 Å². The SMILES string of the molecule is CC1(C)C(/C=C/c2ccc(-c3ccccc3)cc2)=[N+](CCCCCC(=O)NCCN)c2ccc(Nc3ccccc3)cc21. The van der Waals surface area contributed by atoms with Crippen molar-refractivity contribution in [3.8, 4) is 11.1 Å². The molecule has 5 rings (SSSR count). The highest BCUT2D eigenvalue weighted by atomic mass is 16.1. The number of benzene rings is 4. The van der Waals surface area contributed by atoms with E-state index in [0.717, 1.165) is 37.2 Å². The van der Waals surface area contributed by atoms with Crippen LogP contribution < -0.4 is 16.4 Å². The van der Waals surface area contributed by atoms with Crippen molar-refractivity contribution in [2.75, 3.05) is 25.0 Å². The number of unbranched alkanes of at least 4 members (excludes halogenated alkanes) is 2. The minimum Gasteiger partial charge on any atom is -0.356 e. The maximum absolute atomic E-state index is 12.0. The Morgan fingerprint density at radius 2 is 1.49 bits per heavy atom. The summed E-state index contributed by atoms with van der Waals surface area (Å²) in [5, 5.41) is 6.44. The first-order valence-electron chi connectivity index (χ1n) is 15.4. The summed E-state index contributed by atoms with van der Waals surface area (Å²) in [6, 6.07) is 36.3. The molecular formula is C38H43N4O+. The Bertz CT molecular complexity index is 1570. The molecule has 0 saturated carbocycles. The van der Waals surface area contributed by atoms with Crippen LogP contribution in [0.15, 0.2) is 109 Å². The Kier molecular flexibility index (Phi) is 9.85. The Labute approximate surface area is 256 Å². The second-order valence-corrected chi connectivity index (χ2v) is 11.7. The summed E-state index contributed by atoms with van der Waals surface area (Å²) < 4.78 is 2.48. The van der Waals surface area contributed by atoms with Gasteiger partial charge < -0.3 is 16.4 Å². The number of fused-ring (bicyclic) bond motifs is 1. The number of carbonyl (C=O) groups excluding carboxylic acids is 1. The topological polar surface area (TPSA) is 70.2 Å². The lowest BCUT2D eigenvalue weighted by Crippen LogP contribution is -2.28. The molecule has 5 heteroatoms. The van der Waals surface area contributed by atoms with Crippen LogP contribution in [0.3, 0.4) is 0 Å². The van der Waals surface area contributed by atoms with Gasteiger partial charge in [0.1, 0.15) is 6.54 Å². The summed E-state index contributed by atoms with van der Waals surface area (Å²) in [6.45, 7) is 6.55. The number of nitrogens with zero attached hydrogens (tertiary/aromatic N) is 1. The van der Waals surface area contributed by atoms with Crippen molar-refractivity contribution in [2.45, 2.75) is 44.9 Å². The normalized spacial score (nSPS) is 13.7. The summed E-state index contributed by atoms with van der Waals surface area (Å²) in [5.41, 5.74) is 15.0. The molecule has 0 atom stereocenters. The third kappa shape index (κ3) is 7.49. The number of nitrogens with one attached hydrogen (secondary N) is 2. The van der Waals surface area contributed by atoms with Crippen LogP contribution in [0, 0.1) is 0 Å². The number of hydrogen-bond donors (Lipinski definition) is 3. The number of rotatable bonds is 13. The standard InChI is InChI=1S/C38H42N4O/c1-38(2)34-28-33(41-32-14-8-4-9-15-32)22-23-35(34)42(27-11-5-10-16-37(43)40-26-25-39)36(38)24-19-29-17-20-31(21-18-29)30-12-6-3-7-13-30/h3-4,6-9,12-15,17-24,28,41H,5,10-11,16,25-27,39H2,1-2H3/p+1/b24-19+. The van der Waals surface area contributed by atoms with Gasteiger partial charge >= 0.3 is 0 Å². The highest BCUT2D eigenvalue weighted by Gasteiger charge is 2.44. The summed E-state index contributed by atoms with van der Waals surface area (Å²) >= 11 is 0. The highest BCUT2D eigenvalue weighted by Crippen LogP contribution is 2.42. The van der Waals surface area contributed by atoms with E-state index in [2.05, 4.69) is 120 Å². The van der Waals surface area contributed by atoms with E-state index in [-0.39, 0.29) is 11.3 Å². The molecule has 0 unspecified atom stereocenters. The molecule has 0 fully saturated rings. The summed E-state index contributed by atoms with van der Waals surface area (Å²) in [5.74, 6) is 0.0880. The zero-order valence-corrected chi connectivity index (χ0v) is 25.4. The summed E-state index contributed by atoms with van der Waals surface area (Å²) in [6.07, 6.45) is 7.95. The smallest absolute Gasteiger partial charge is 0.220 e. The van der Waals surface area contributed by atoms with Gasteiger partial charge in [-0.1, -0.05) is 72.8 Å². The molecule has 1 aliphatic heterocycles. The number of hydrogen-bond acceptors (Lipinski definition) is 3. The number of nitrogens with two attached hydrogens (primary N) is 1. The second-order valence-electron chi connectivity index (χ2n) is 11.7. The van der Waals surface area contributed by atoms with E-state index < -0.39 is 0 Å². The van der Waals surface area contributed by atoms with Crippen LogP contribution in [0.4, 0.5) is 17.1 Å². The van der Waals surface area contributed by atoms with E-state index >= 15 is 0 Å². The molecule has 0 aliphatic carbocycles. The molecule has 0 aromatic heterocycles. The predicted molar refractivity (Wildman–Crippen MR) is 180 cm³/mol. The van der Waals surface area contributed by atoms with Crippen LogP contribution in [0.1, 0.15) is 50.7 Å². The van der Waals surface area contributed by atoms with Gasteiger partial charge in [0.15, 0.2) is 5.71 Å². The Morgan fingerprint density at radius 3 is 2.21 bits per heavy atom. The van der Waals surface area contributed by atoms with Gasteiger partial charge in [-0.15, -0.1) is 0 Å². The van der Waals surface area contributed by atoms with Crippen molar-refractivity contribution in [3.05, 3.63) is 120 Å². The van der Waals surface area contributed by atoms with Gasteiger partial charge in [-0.05, 0) is 73.7 Å². The quantitative estimate of drug-likeness (QED) is 0.113. The summed E-state index contributed by atoms with van der Waals surface area (Å²) in [4.78, 5) is 12.0. The maximum atomic E-state index is 12.0. The van der Waals surface area contributed by atoms with Crippen LogP contribution in [0.25, 0.3) is 17.2 Å². The van der Waals surface area contributed by atoms with Crippen LogP contribution in [0.5, 0.6) is 0 Å². The van der Waals surface area contributed by atoms with Crippen LogP contribution in [-0.2, 0) is 10.2 Å². The zero-order chi connectivity index (χ0) is 30.1. The van der Waals surface area contributed by atoms with Gasteiger partial charge in [-0.2, -0.15) is 4.58 Å². The Hall–Kier alpha value is -4.48. The van der Waals surface area contributed by atoms with Crippen molar-refractivity contribution in [1.29, 1.82) is 0 Å². The molecule has 4 aromatic carbocycles. The molecule has 4 aromatic rings. The number of amides is 1. The van der Waals surface area contributed by atoms with Crippen LogP contribution >= 0.6 is 0 Å². The third-order valence-electron chi connectivity index (χ3n) is 8.16. The maximum Gasteiger partial charge on any atom is 0.220 e. The van der Waals surface area contributed by atoms with Gasteiger partial charge in [0.05, 0.1) is 5.41 Å². The van der Waals surface area contributed by atoms with Crippen LogP contribution in [0.2, 0.25) is 0 Å². The molecule has 0 saturated heterocycles. The lowest BCUT2D eigenvalue weighted by Gasteiger charge is -2.17. The van der Waals surface area contributed by atoms with Crippen molar-refractivity contribution >= 4 is 34.8 Å². The minimum absolute atomic E-state index is 0.0880. The molecule has 1 heterocycles. The van der Waals surface area contributed by atoms with Crippen molar-refractivity contribution in [1.82, 2.24) is 5.32 Å². The monoisotopic (exact) mass is 571 g/mol. The largest absolute Gasteiger partial charge is 0.356 e.